The van der Waals surface area contributed by atoms with Crippen LogP contribution in [0.15, 0.2) is 36.7 Å². The quantitative estimate of drug-likeness (QED) is 0.262. The first-order valence-corrected chi connectivity index (χ1v) is 9.19. The van der Waals surface area contributed by atoms with Gasteiger partial charge in [-0.05, 0) is 59.1 Å². The zero-order valence-electron chi connectivity index (χ0n) is 20.0. The first kappa shape index (κ1) is 44.8. The van der Waals surface area contributed by atoms with Crippen LogP contribution in [0.1, 0.15) is 65.5 Å². The molecule has 0 spiro atoms. The summed E-state index contributed by atoms with van der Waals surface area (Å²) in [4.78, 5) is 8.97. The summed E-state index contributed by atoms with van der Waals surface area (Å²) in [6, 6.07) is 8.46. The molecule has 1 saturated heterocycles. The van der Waals surface area contributed by atoms with Crippen molar-refractivity contribution in [1.82, 2.24) is 9.97 Å². The Morgan fingerprint density at radius 1 is 0.656 bits per heavy atom. The van der Waals surface area contributed by atoms with Gasteiger partial charge in [0.05, 0.1) is 11.4 Å². The zero-order chi connectivity index (χ0) is 18.5. The van der Waals surface area contributed by atoms with Crippen molar-refractivity contribution in [3.8, 4) is 11.4 Å². The standard InChI is InChI=1S/C18H24N2.C4H8O.2ClH.Ni.4H2O/c1-17(2,3)13-7-9-19-15(11-13)16-12-14(8-10-20-16)18(4,5)6;1-2-4-5-3-1;;;;;;;/h7-12H,1-6H3;1-4H2;2*1H;;4*1H2/q;;;;+2;;;;/p+2. The van der Waals surface area contributed by atoms with Gasteiger partial charge in [0.2, 0.25) is 0 Å². The summed E-state index contributed by atoms with van der Waals surface area (Å²) < 4.78 is 4.94. The Bertz CT molecular complexity index is 644. The van der Waals surface area contributed by atoms with Gasteiger partial charge in [0.1, 0.15) is 0 Å². The molecule has 2 aromatic heterocycles. The second-order valence-corrected chi connectivity index (χ2v) is 8.68. The van der Waals surface area contributed by atoms with Crippen LogP contribution in [-0.4, -0.2) is 23.2 Å². The van der Waals surface area contributed by atoms with Crippen LogP contribution in [0.25, 0.3) is 11.4 Å². The van der Waals surface area contributed by atoms with Crippen LogP contribution < -0.4 is 24.8 Å². The van der Waals surface area contributed by atoms with Crippen molar-refractivity contribution in [3.63, 3.8) is 0 Å². The fourth-order valence-electron chi connectivity index (χ4n) is 2.58. The summed E-state index contributed by atoms with van der Waals surface area (Å²) in [7, 11) is 0. The molecular formula is C22H44Cl2N2NiO5+4. The number of hydrogen-bond donors (Lipinski definition) is 0. The molecule has 3 heterocycles. The second-order valence-electron chi connectivity index (χ2n) is 8.68. The summed E-state index contributed by atoms with van der Waals surface area (Å²) in [5.41, 5.74) is 4.71. The van der Waals surface area contributed by atoms with Crippen LogP contribution in [0.4, 0.5) is 0 Å². The first-order chi connectivity index (χ1) is 11.7. The number of nitrogens with zero attached hydrogens (tertiary/aromatic N) is 2. The summed E-state index contributed by atoms with van der Waals surface area (Å²) >= 11 is 0. The normalized spacial score (nSPS) is 11.6. The Morgan fingerprint density at radius 3 is 1.19 bits per heavy atom. The maximum Gasteiger partial charge on any atom is 2.00 e. The van der Waals surface area contributed by atoms with E-state index in [9.17, 15) is 0 Å². The number of pyridine rings is 2. The topological polar surface area (TPSA) is 167 Å². The van der Waals surface area contributed by atoms with Crippen LogP contribution in [-0.2, 0) is 54.0 Å². The Labute approximate surface area is 215 Å². The van der Waals surface area contributed by atoms with Gasteiger partial charge in [0, 0.05) is 25.6 Å². The van der Waals surface area contributed by atoms with E-state index in [-0.39, 0.29) is 74.0 Å². The average Bonchev–Trinajstić information content (AvgIpc) is 3.13. The van der Waals surface area contributed by atoms with Gasteiger partial charge >= 0.3 is 16.5 Å². The molecule has 0 aliphatic carbocycles. The molecule has 0 unspecified atom stereocenters. The minimum absolute atomic E-state index is 0. The number of halogens is 2. The van der Waals surface area contributed by atoms with E-state index in [0.717, 1.165) is 24.6 Å². The molecule has 10 heteroatoms. The van der Waals surface area contributed by atoms with E-state index >= 15 is 0 Å². The van der Waals surface area contributed by atoms with Crippen molar-refractivity contribution < 1.29 is 67.9 Å². The molecule has 1 aliphatic rings. The predicted molar refractivity (Wildman–Crippen MR) is 124 cm³/mol. The fraction of sp³-hybridized carbons (Fsp3) is 0.545. The molecule has 0 radical (unpaired) electrons. The summed E-state index contributed by atoms with van der Waals surface area (Å²) in [6.45, 7) is 15.3. The van der Waals surface area contributed by atoms with E-state index in [1.54, 1.807) is 0 Å². The molecule has 1 aliphatic heterocycles. The molecule has 7 nitrogen and oxygen atoms in total. The Morgan fingerprint density at radius 2 is 0.969 bits per heavy atom. The predicted octanol–water partition coefficient (Wildman–Crippen LogP) is -4.15. The SMILES string of the molecule is C1CCOC1.CC(C)(C)c1ccnc(-c2cc(C(C)(C)C)ccn2)c1.[Cl-].[Cl-].[Ni+2].[OH3+].[OH3+].[OH3+].[OH3+]. The van der Waals surface area contributed by atoms with Gasteiger partial charge in [0.25, 0.3) is 0 Å². The smallest absolute Gasteiger partial charge is 1.00 e. The third-order valence-electron chi connectivity index (χ3n) is 4.34. The molecule has 0 bridgehead atoms. The summed E-state index contributed by atoms with van der Waals surface area (Å²) in [6.07, 6.45) is 6.31. The van der Waals surface area contributed by atoms with E-state index in [1.807, 2.05) is 12.4 Å². The molecule has 2 aromatic rings. The van der Waals surface area contributed by atoms with Gasteiger partial charge in [-0.2, -0.15) is 0 Å². The van der Waals surface area contributed by atoms with Gasteiger partial charge in [-0.1, -0.05) is 41.5 Å². The third kappa shape index (κ3) is 14.3. The van der Waals surface area contributed by atoms with Crippen LogP contribution >= 0.6 is 0 Å². The maximum absolute atomic E-state index is 4.94. The van der Waals surface area contributed by atoms with E-state index in [4.69, 9.17) is 4.74 Å². The minimum Gasteiger partial charge on any atom is -1.00 e. The van der Waals surface area contributed by atoms with E-state index in [1.165, 1.54) is 24.0 Å². The Hall–Kier alpha value is -0.826. The monoisotopic (exact) mass is 544 g/mol. The van der Waals surface area contributed by atoms with Crippen LogP contribution in [0.2, 0.25) is 0 Å². The second kappa shape index (κ2) is 19.6. The van der Waals surface area contributed by atoms with Crippen molar-refractivity contribution in [2.45, 2.75) is 65.2 Å². The van der Waals surface area contributed by atoms with Gasteiger partial charge in [-0.3, -0.25) is 9.97 Å². The molecule has 12 N–H and O–H groups in total. The van der Waals surface area contributed by atoms with Gasteiger partial charge < -0.3 is 51.5 Å². The maximum atomic E-state index is 4.94. The number of ether oxygens (including phenoxy) is 1. The number of hydrogen-bond acceptors (Lipinski definition) is 3. The Kier molecular flexibility index (Phi) is 27.5. The molecule has 0 atom stereocenters. The minimum atomic E-state index is 0. The molecule has 0 saturated carbocycles. The van der Waals surface area contributed by atoms with Crippen LogP contribution in [0.5, 0.6) is 0 Å². The van der Waals surface area contributed by atoms with Crippen molar-refractivity contribution in [2.24, 2.45) is 0 Å². The molecule has 1 fully saturated rings. The summed E-state index contributed by atoms with van der Waals surface area (Å²) in [5.74, 6) is 0. The van der Waals surface area contributed by atoms with Crippen LogP contribution in [0, 0.1) is 0 Å². The fourth-order valence-corrected chi connectivity index (χ4v) is 2.58. The van der Waals surface area contributed by atoms with Crippen molar-refractivity contribution >= 4 is 0 Å². The third-order valence-corrected chi connectivity index (χ3v) is 4.34. The van der Waals surface area contributed by atoms with Crippen LogP contribution in [0.3, 0.4) is 0 Å². The van der Waals surface area contributed by atoms with Crippen molar-refractivity contribution in [3.05, 3.63) is 47.8 Å². The van der Waals surface area contributed by atoms with Gasteiger partial charge in [-0.25, -0.2) is 0 Å². The van der Waals surface area contributed by atoms with E-state index in [2.05, 4.69) is 75.8 Å². The molecule has 3 rings (SSSR count). The Balaban J connectivity index is -0.000000126. The average molecular weight is 546 g/mol. The van der Waals surface area contributed by atoms with Crippen molar-refractivity contribution in [2.75, 3.05) is 13.2 Å². The first-order valence-electron chi connectivity index (χ1n) is 9.19. The molecule has 0 amide bonds. The number of aromatic nitrogens is 2. The molecule has 192 valence electrons. The largest absolute Gasteiger partial charge is 2.00 e. The summed E-state index contributed by atoms with van der Waals surface area (Å²) in [5, 5.41) is 0. The number of rotatable bonds is 1. The van der Waals surface area contributed by atoms with Gasteiger partial charge in [0.15, 0.2) is 0 Å². The van der Waals surface area contributed by atoms with Crippen molar-refractivity contribution in [1.29, 1.82) is 0 Å². The molecule has 32 heavy (non-hydrogen) atoms. The molecular weight excluding hydrogens is 502 g/mol. The zero-order valence-corrected chi connectivity index (χ0v) is 22.5. The van der Waals surface area contributed by atoms with E-state index in [0.29, 0.717) is 0 Å². The van der Waals surface area contributed by atoms with E-state index < -0.39 is 0 Å². The van der Waals surface area contributed by atoms with Gasteiger partial charge in [-0.15, -0.1) is 0 Å². The molecule has 0 aromatic carbocycles.